The minimum absolute atomic E-state index is 0.773. The number of aromatic nitrogens is 1. The van der Waals surface area contributed by atoms with Crippen LogP contribution in [0.1, 0.15) is 19.8 Å². The molecule has 1 aromatic carbocycles. The van der Waals surface area contributed by atoms with Crippen LogP contribution < -0.4 is 9.57 Å². The Hall–Kier alpha value is -1.57. The Balaban J connectivity index is 2.26. The van der Waals surface area contributed by atoms with Gasteiger partial charge in [0.2, 0.25) is 6.20 Å². The normalized spacial score (nSPS) is 10.5. The summed E-state index contributed by atoms with van der Waals surface area (Å²) in [6.45, 7) is 2.94. The van der Waals surface area contributed by atoms with E-state index in [1.54, 1.807) is 0 Å². The van der Waals surface area contributed by atoms with E-state index in [1.807, 2.05) is 29.1 Å². The van der Waals surface area contributed by atoms with Gasteiger partial charge in [-0.1, -0.05) is 25.5 Å². The van der Waals surface area contributed by atoms with Gasteiger partial charge in [-0.15, -0.1) is 0 Å². The first-order chi connectivity index (χ1) is 7.42. The molecule has 0 amide bonds. The minimum Gasteiger partial charge on any atom is -0.271 e. The number of benzene rings is 1. The number of hydrogen-bond donors (Lipinski definition) is 0. The second-order valence-electron chi connectivity index (χ2n) is 3.58. The number of hydrogen-bond acceptors (Lipinski definition) is 1. The molecule has 0 aliphatic carbocycles. The van der Waals surface area contributed by atoms with Crippen LogP contribution in [0.5, 0.6) is 0 Å². The highest BCUT2D eigenvalue weighted by atomic mass is 16.7. The molecule has 0 bridgehead atoms. The lowest BCUT2D eigenvalue weighted by Gasteiger charge is -1.99. The van der Waals surface area contributed by atoms with Crippen LogP contribution in [-0.4, -0.2) is 6.61 Å². The van der Waals surface area contributed by atoms with E-state index in [2.05, 4.69) is 25.1 Å². The topological polar surface area (TPSA) is 13.1 Å². The molecule has 0 radical (unpaired) electrons. The van der Waals surface area contributed by atoms with Crippen molar-refractivity contribution in [3.63, 3.8) is 0 Å². The molecule has 0 atom stereocenters. The first kappa shape index (κ1) is 9.97. The van der Waals surface area contributed by atoms with Gasteiger partial charge >= 0.3 is 0 Å². The van der Waals surface area contributed by atoms with Crippen molar-refractivity contribution < 1.29 is 9.57 Å². The van der Waals surface area contributed by atoms with Crippen molar-refractivity contribution in [2.24, 2.45) is 0 Å². The first-order valence-corrected chi connectivity index (χ1v) is 5.44. The zero-order chi connectivity index (χ0) is 10.5. The van der Waals surface area contributed by atoms with Gasteiger partial charge in [0, 0.05) is 16.9 Å². The number of pyridine rings is 1. The molecule has 0 aliphatic rings. The summed E-state index contributed by atoms with van der Waals surface area (Å²) in [7, 11) is 0. The van der Waals surface area contributed by atoms with E-state index in [1.165, 1.54) is 5.39 Å². The monoisotopic (exact) mass is 202 g/mol. The maximum absolute atomic E-state index is 5.68. The highest BCUT2D eigenvalue weighted by Gasteiger charge is 2.07. The summed E-state index contributed by atoms with van der Waals surface area (Å²) >= 11 is 0. The fourth-order valence-corrected chi connectivity index (χ4v) is 1.55. The largest absolute Gasteiger partial charge is 0.271 e. The summed E-state index contributed by atoms with van der Waals surface area (Å²) in [5.41, 5.74) is 1.12. The molecule has 15 heavy (non-hydrogen) atoms. The lowest BCUT2D eigenvalue weighted by Crippen LogP contribution is -2.43. The summed E-state index contributed by atoms with van der Waals surface area (Å²) in [5, 5.41) is 1.21. The molecule has 0 N–H and O–H groups in total. The van der Waals surface area contributed by atoms with Gasteiger partial charge in [-0.2, -0.15) is 0 Å². The summed E-state index contributed by atoms with van der Waals surface area (Å²) in [6.07, 6.45) is 4.21. The van der Waals surface area contributed by atoms with Crippen molar-refractivity contribution in [1.29, 1.82) is 0 Å². The average molecular weight is 202 g/mol. The van der Waals surface area contributed by atoms with Crippen molar-refractivity contribution in [2.45, 2.75) is 19.8 Å². The molecule has 0 unspecified atom stereocenters. The Morgan fingerprint density at radius 2 is 1.93 bits per heavy atom. The van der Waals surface area contributed by atoms with Crippen LogP contribution in [0, 0.1) is 0 Å². The molecule has 2 heteroatoms. The van der Waals surface area contributed by atoms with E-state index >= 15 is 0 Å². The molecule has 0 fully saturated rings. The number of unbranched alkanes of at least 4 members (excludes halogenated alkanes) is 1. The van der Waals surface area contributed by atoms with Crippen molar-refractivity contribution >= 4 is 10.9 Å². The van der Waals surface area contributed by atoms with Crippen LogP contribution in [0.25, 0.3) is 10.9 Å². The third-order valence-electron chi connectivity index (χ3n) is 2.40. The van der Waals surface area contributed by atoms with Gasteiger partial charge in [0.15, 0.2) is 6.61 Å². The quantitative estimate of drug-likeness (QED) is 0.548. The molecule has 2 aromatic rings. The second-order valence-corrected chi connectivity index (χ2v) is 3.58. The van der Waals surface area contributed by atoms with Crippen LogP contribution in [-0.2, 0) is 0 Å². The predicted octanol–water partition coefficient (Wildman–Crippen LogP) is 2.36. The molecule has 2 nitrogen and oxygen atoms in total. The van der Waals surface area contributed by atoms with Gasteiger partial charge in [0.25, 0.3) is 5.52 Å². The first-order valence-electron chi connectivity index (χ1n) is 5.44. The van der Waals surface area contributed by atoms with Crippen molar-refractivity contribution in [2.75, 3.05) is 6.61 Å². The Kier molecular flexibility index (Phi) is 3.18. The van der Waals surface area contributed by atoms with Crippen molar-refractivity contribution in [1.82, 2.24) is 0 Å². The molecule has 1 aromatic heterocycles. The third-order valence-corrected chi connectivity index (χ3v) is 2.40. The standard InChI is InChI=1S/C13H16NO/c1-2-3-11-15-14-10-6-8-12-7-4-5-9-13(12)14/h4-10H,2-3,11H2,1H3/q+1. The fourth-order valence-electron chi connectivity index (χ4n) is 1.55. The highest BCUT2D eigenvalue weighted by Crippen LogP contribution is 2.06. The molecular weight excluding hydrogens is 186 g/mol. The molecule has 0 spiro atoms. The number of fused-ring (bicyclic) bond motifs is 1. The maximum Gasteiger partial charge on any atom is 0.264 e. The lowest BCUT2D eigenvalue weighted by molar-refractivity contribution is -0.871. The van der Waals surface area contributed by atoms with E-state index < -0.39 is 0 Å². The molecule has 78 valence electrons. The number of rotatable bonds is 4. The van der Waals surface area contributed by atoms with Crippen molar-refractivity contribution in [3.8, 4) is 0 Å². The Labute approximate surface area is 90.1 Å². The molecular formula is C13H16NO+. The van der Waals surface area contributed by atoms with E-state index in [0.717, 1.165) is 25.0 Å². The number of para-hydroxylation sites is 1. The van der Waals surface area contributed by atoms with E-state index in [9.17, 15) is 0 Å². The van der Waals surface area contributed by atoms with Crippen LogP contribution in [0.4, 0.5) is 0 Å². The Bertz CT molecular complexity index is 434. The Morgan fingerprint density at radius 1 is 1.13 bits per heavy atom. The van der Waals surface area contributed by atoms with Gasteiger partial charge in [-0.05, 0) is 18.6 Å². The van der Waals surface area contributed by atoms with E-state index in [4.69, 9.17) is 4.84 Å². The second kappa shape index (κ2) is 4.78. The summed E-state index contributed by atoms with van der Waals surface area (Å²) in [4.78, 5) is 5.68. The van der Waals surface area contributed by atoms with Gasteiger partial charge < -0.3 is 0 Å². The van der Waals surface area contributed by atoms with Gasteiger partial charge in [0.1, 0.15) is 0 Å². The van der Waals surface area contributed by atoms with Crippen LogP contribution in [0.15, 0.2) is 42.6 Å². The van der Waals surface area contributed by atoms with Gasteiger partial charge in [-0.3, -0.25) is 4.84 Å². The summed E-state index contributed by atoms with van der Waals surface area (Å²) < 4.78 is 1.85. The molecule has 0 saturated carbocycles. The Morgan fingerprint density at radius 3 is 2.80 bits per heavy atom. The summed E-state index contributed by atoms with van der Waals surface area (Å²) in [6, 6.07) is 12.3. The van der Waals surface area contributed by atoms with Crippen LogP contribution in [0.2, 0.25) is 0 Å². The fraction of sp³-hybridized carbons (Fsp3) is 0.308. The molecule has 1 heterocycles. The zero-order valence-corrected chi connectivity index (χ0v) is 9.02. The molecule has 0 saturated heterocycles. The van der Waals surface area contributed by atoms with Crippen molar-refractivity contribution in [3.05, 3.63) is 42.6 Å². The van der Waals surface area contributed by atoms with E-state index in [0.29, 0.717) is 0 Å². The van der Waals surface area contributed by atoms with E-state index in [-0.39, 0.29) is 0 Å². The van der Waals surface area contributed by atoms with Crippen LogP contribution in [0.3, 0.4) is 0 Å². The molecule has 0 aliphatic heterocycles. The minimum atomic E-state index is 0.773. The average Bonchev–Trinajstić information content (AvgIpc) is 2.30. The zero-order valence-electron chi connectivity index (χ0n) is 9.02. The summed E-state index contributed by atoms with van der Waals surface area (Å²) in [5.74, 6) is 0. The third kappa shape index (κ3) is 2.27. The van der Waals surface area contributed by atoms with Crippen LogP contribution >= 0.6 is 0 Å². The molecule has 2 rings (SSSR count). The maximum atomic E-state index is 5.68. The smallest absolute Gasteiger partial charge is 0.264 e. The lowest BCUT2D eigenvalue weighted by atomic mass is 10.2. The number of nitrogens with zero attached hydrogens (tertiary/aromatic N) is 1. The van der Waals surface area contributed by atoms with Gasteiger partial charge in [0.05, 0.1) is 5.39 Å². The SMILES string of the molecule is CCCCO[n+]1cccc2ccccc21. The van der Waals surface area contributed by atoms with Gasteiger partial charge in [-0.25, -0.2) is 0 Å². The predicted molar refractivity (Wildman–Crippen MR) is 60.5 cm³/mol. The highest BCUT2D eigenvalue weighted by molar-refractivity contribution is 5.74.